The summed E-state index contributed by atoms with van der Waals surface area (Å²) in [7, 11) is 1.77. The molecule has 0 spiro atoms. The molecule has 0 aromatic heterocycles. The fourth-order valence-electron chi connectivity index (χ4n) is 1.38. The van der Waals surface area contributed by atoms with Crippen LogP contribution >= 0.6 is 22.9 Å². The van der Waals surface area contributed by atoms with E-state index >= 15 is 0 Å². The highest BCUT2D eigenvalue weighted by atomic mass is 127. The molecule has 1 aliphatic rings. The number of hydrogen-bond donors (Lipinski definition) is 0. The van der Waals surface area contributed by atoms with Gasteiger partial charge in [0.15, 0.2) is 0 Å². The zero-order chi connectivity index (χ0) is 8.81. The maximum Gasteiger partial charge on any atom is 0.0474 e. The zero-order valence-electron chi connectivity index (χ0n) is 7.63. The van der Waals surface area contributed by atoms with Gasteiger partial charge in [0.25, 0.3) is 0 Å². The van der Waals surface area contributed by atoms with Crippen LogP contribution in [0.1, 0.15) is 6.42 Å². The van der Waals surface area contributed by atoms with Crippen molar-refractivity contribution in [1.82, 2.24) is 8.01 Å². The highest BCUT2D eigenvalue weighted by Crippen LogP contribution is 2.06. The molecule has 0 aliphatic carbocycles. The van der Waals surface area contributed by atoms with E-state index in [0.29, 0.717) is 0 Å². The Hall–Kier alpha value is 0.610. The lowest BCUT2D eigenvalue weighted by Crippen LogP contribution is -2.42. The second kappa shape index (κ2) is 6.12. The van der Waals surface area contributed by atoms with Crippen molar-refractivity contribution in [2.24, 2.45) is 0 Å². The third-order valence-corrected chi connectivity index (χ3v) is 3.11. The Morgan fingerprint density at radius 2 is 1.92 bits per heavy atom. The highest BCUT2D eigenvalue weighted by Gasteiger charge is 2.13. The first-order chi connectivity index (χ1) is 5.83. The van der Waals surface area contributed by atoms with Crippen molar-refractivity contribution in [3.63, 3.8) is 0 Å². The zero-order valence-corrected chi connectivity index (χ0v) is 9.79. The Labute approximate surface area is 88.5 Å². The maximum absolute atomic E-state index is 5.02. The summed E-state index contributed by atoms with van der Waals surface area (Å²) in [5.41, 5.74) is 0. The van der Waals surface area contributed by atoms with Crippen LogP contribution in [0.5, 0.6) is 0 Å². The smallest absolute Gasteiger partial charge is 0.0474 e. The summed E-state index contributed by atoms with van der Waals surface area (Å²) in [5, 5.41) is 0. The second-order valence-corrected chi connectivity index (χ2v) is 4.46. The number of nitrogens with zero attached hydrogens (tertiary/aromatic N) is 2. The van der Waals surface area contributed by atoms with Crippen molar-refractivity contribution in [3.8, 4) is 0 Å². The number of hydrogen-bond acceptors (Lipinski definition) is 3. The van der Waals surface area contributed by atoms with E-state index in [9.17, 15) is 0 Å². The van der Waals surface area contributed by atoms with Crippen LogP contribution in [0.4, 0.5) is 0 Å². The van der Waals surface area contributed by atoms with E-state index < -0.39 is 0 Å². The molecule has 0 bridgehead atoms. The van der Waals surface area contributed by atoms with Crippen LogP contribution in [-0.4, -0.2) is 54.5 Å². The van der Waals surface area contributed by atoms with Crippen LogP contribution < -0.4 is 0 Å². The quantitative estimate of drug-likeness (QED) is 0.435. The monoisotopic (exact) mass is 284 g/mol. The SMILES string of the molecule is COCCCN1CCN(I)CC1. The Morgan fingerprint density at radius 3 is 2.50 bits per heavy atom. The van der Waals surface area contributed by atoms with Gasteiger partial charge in [-0.1, -0.05) is 0 Å². The van der Waals surface area contributed by atoms with Crippen molar-refractivity contribution in [3.05, 3.63) is 0 Å². The van der Waals surface area contributed by atoms with Gasteiger partial charge in [-0.3, -0.25) is 0 Å². The fraction of sp³-hybridized carbons (Fsp3) is 1.00. The molecule has 12 heavy (non-hydrogen) atoms. The molecule has 0 N–H and O–H groups in total. The van der Waals surface area contributed by atoms with E-state index in [1.165, 1.54) is 32.7 Å². The number of ether oxygens (including phenoxy) is 1. The van der Waals surface area contributed by atoms with Crippen molar-refractivity contribution in [1.29, 1.82) is 0 Å². The van der Waals surface area contributed by atoms with Crippen LogP contribution in [0.3, 0.4) is 0 Å². The molecule has 3 nitrogen and oxygen atoms in total. The molecule has 0 amide bonds. The molecular weight excluding hydrogens is 267 g/mol. The first-order valence-corrected chi connectivity index (χ1v) is 5.41. The van der Waals surface area contributed by atoms with E-state index in [4.69, 9.17) is 4.74 Å². The molecule has 1 fully saturated rings. The van der Waals surface area contributed by atoms with Gasteiger partial charge in [0.2, 0.25) is 0 Å². The molecule has 0 aromatic rings. The minimum absolute atomic E-state index is 0.893. The standard InChI is InChI=1S/C8H17IN2O/c1-12-8-2-3-10-4-6-11(9)7-5-10/h2-8H2,1H3. The molecule has 1 saturated heterocycles. The maximum atomic E-state index is 5.02. The van der Waals surface area contributed by atoms with Crippen molar-refractivity contribution < 1.29 is 4.74 Å². The van der Waals surface area contributed by atoms with Crippen molar-refractivity contribution in [2.75, 3.05) is 46.4 Å². The number of methoxy groups -OCH3 is 1. The minimum Gasteiger partial charge on any atom is -0.385 e. The van der Waals surface area contributed by atoms with E-state index in [1.807, 2.05) is 0 Å². The number of halogens is 1. The van der Waals surface area contributed by atoms with Crippen molar-refractivity contribution in [2.45, 2.75) is 6.42 Å². The highest BCUT2D eigenvalue weighted by molar-refractivity contribution is 14.1. The summed E-state index contributed by atoms with van der Waals surface area (Å²) >= 11 is 2.39. The second-order valence-electron chi connectivity index (χ2n) is 3.10. The molecule has 0 atom stereocenters. The molecular formula is C8H17IN2O. The van der Waals surface area contributed by atoms with E-state index in [1.54, 1.807) is 7.11 Å². The molecule has 0 radical (unpaired) electrons. The van der Waals surface area contributed by atoms with Gasteiger partial charge in [0.05, 0.1) is 0 Å². The summed E-state index contributed by atoms with van der Waals surface area (Å²) < 4.78 is 7.37. The van der Waals surface area contributed by atoms with Gasteiger partial charge in [-0.05, 0) is 6.42 Å². The predicted molar refractivity (Wildman–Crippen MR) is 58.5 cm³/mol. The van der Waals surface area contributed by atoms with Crippen LogP contribution in [0, 0.1) is 0 Å². The van der Waals surface area contributed by atoms with Gasteiger partial charge >= 0.3 is 0 Å². The van der Waals surface area contributed by atoms with E-state index in [-0.39, 0.29) is 0 Å². The van der Waals surface area contributed by atoms with Crippen LogP contribution in [0.2, 0.25) is 0 Å². The third-order valence-electron chi connectivity index (χ3n) is 2.14. The molecule has 4 heteroatoms. The van der Waals surface area contributed by atoms with E-state index in [0.717, 1.165) is 13.0 Å². The van der Waals surface area contributed by atoms with Gasteiger partial charge in [0.1, 0.15) is 0 Å². The van der Waals surface area contributed by atoms with Crippen molar-refractivity contribution >= 4 is 22.9 Å². The first kappa shape index (κ1) is 10.7. The van der Waals surface area contributed by atoms with Crippen LogP contribution in [-0.2, 0) is 4.74 Å². The lowest BCUT2D eigenvalue weighted by molar-refractivity contribution is 0.155. The normalized spacial score (nSPS) is 21.5. The van der Waals surface area contributed by atoms with Crippen LogP contribution in [0.25, 0.3) is 0 Å². The average Bonchev–Trinajstić information content (AvgIpc) is 2.09. The molecule has 1 aliphatic heterocycles. The number of rotatable bonds is 4. The largest absolute Gasteiger partial charge is 0.385 e. The van der Waals surface area contributed by atoms with Gasteiger partial charge < -0.3 is 9.64 Å². The molecule has 1 heterocycles. The average molecular weight is 284 g/mol. The molecule has 0 aromatic carbocycles. The van der Waals surface area contributed by atoms with Crippen LogP contribution in [0.15, 0.2) is 0 Å². The number of piperazine rings is 1. The van der Waals surface area contributed by atoms with Gasteiger partial charge in [-0.25, -0.2) is 3.11 Å². The van der Waals surface area contributed by atoms with E-state index in [2.05, 4.69) is 30.9 Å². The minimum atomic E-state index is 0.893. The molecule has 0 unspecified atom stereocenters. The molecule has 0 saturated carbocycles. The Bertz CT molecular complexity index is 116. The topological polar surface area (TPSA) is 15.7 Å². The fourth-order valence-corrected chi connectivity index (χ4v) is 1.81. The summed E-state index contributed by atoms with van der Waals surface area (Å²) in [6, 6.07) is 0. The Balaban J connectivity index is 2.01. The lowest BCUT2D eigenvalue weighted by atomic mass is 10.3. The summed E-state index contributed by atoms with van der Waals surface area (Å²) in [4.78, 5) is 2.51. The lowest BCUT2D eigenvalue weighted by Gasteiger charge is -2.30. The molecule has 1 rings (SSSR count). The van der Waals surface area contributed by atoms with Gasteiger partial charge in [-0.2, -0.15) is 0 Å². The Morgan fingerprint density at radius 1 is 1.25 bits per heavy atom. The van der Waals surface area contributed by atoms with Gasteiger partial charge in [-0.15, -0.1) is 0 Å². The first-order valence-electron chi connectivity index (χ1n) is 4.45. The van der Waals surface area contributed by atoms with Gasteiger partial charge in [0, 0.05) is 69.3 Å². The molecule has 72 valence electrons. The third kappa shape index (κ3) is 4.02. The summed E-state index contributed by atoms with van der Waals surface area (Å²) in [6.07, 6.45) is 1.16. The Kier molecular flexibility index (Phi) is 5.45. The summed E-state index contributed by atoms with van der Waals surface area (Å²) in [6.45, 7) is 6.92. The predicted octanol–water partition coefficient (Wildman–Crippen LogP) is 0.991. The summed E-state index contributed by atoms with van der Waals surface area (Å²) in [5.74, 6) is 0.